The second kappa shape index (κ2) is 8.48. The number of hydrogen-bond acceptors (Lipinski definition) is 7. The number of carbonyl (C=O) groups is 1. The molecule has 4 rings (SSSR count). The number of rotatable bonds is 5. The number of hydrogen-bond donors (Lipinski definition) is 2. The van der Waals surface area contributed by atoms with Crippen molar-refractivity contribution in [2.24, 2.45) is 5.10 Å². The smallest absolute Gasteiger partial charge is 0.262 e. The van der Waals surface area contributed by atoms with Crippen molar-refractivity contribution in [1.29, 1.82) is 0 Å². The highest BCUT2D eigenvalue weighted by Crippen LogP contribution is 2.30. The second-order valence-electron chi connectivity index (χ2n) is 6.74. The van der Waals surface area contributed by atoms with Crippen LogP contribution in [0.5, 0.6) is 11.5 Å². The Kier molecular flexibility index (Phi) is 5.62. The Labute approximate surface area is 172 Å². The molecule has 0 spiro atoms. The summed E-state index contributed by atoms with van der Waals surface area (Å²) in [5.41, 5.74) is 5.08. The van der Waals surface area contributed by atoms with Crippen LogP contribution in [0.15, 0.2) is 47.6 Å². The van der Waals surface area contributed by atoms with Gasteiger partial charge in [0.25, 0.3) is 5.91 Å². The van der Waals surface area contributed by atoms with Crippen LogP contribution in [0, 0.1) is 0 Å². The molecule has 150 valence electrons. The number of benzene rings is 2. The molecule has 0 fully saturated rings. The zero-order valence-electron chi connectivity index (χ0n) is 16.3. The van der Waals surface area contributed by atoms with Crippen LogP contribution >= 0.6 is 11.3 Å². The third-order valence-corrected chi connectivity index (χ3v) is 5.49. The number of nitrogens with one attached hydrogen (secondary N) is 2. The molecular weight excluding hydrogens is 388 g/mol. The topological polar surface area (TPSA) is 84.8 Å². The molecule has 0 bridgehead atoms. The molecule has 29 heavy (non-hydrogen) atoms. The molecule has 7 nitrogen and oxygen atoms in total. The predicted octanol–water partition coefficient (Wildman–Crippen LogP) is 3.80. The molecule has 1 aliphatic rings. The summed E-state index contributed by atoms with van der Waals surface area (Å²) in [6, 6.07) is 13.0. The molecular formula is C21H22N4O3S. The van der Waals surface area contributed by atoms with E-state index in [1.807, 2.05) is 49.4 Å². The first-order valence-electron chi connectivity index (χ1n) is 9.46. The Balaban J connectivity index is 1.39. The molecule has 8 heteroatoms. The fourth-order valence-electron chi connectivity index (χ4n) is 2.87. The lowest BCUT2D eigenvalue weighted by Gasteiger charge is -2.12. The molecule has 2 N–H and O–H groups in total. The Morgan fingerprint density at radius 2 is 1.97 bits per heavy atom. The number of amides is 1. The van der Waals surface area contributed by atoms with Crippen molar-refractivity contribution >= 4 is 38.3 Å². The minimum absolute atomic E-state index is 0.238. The summed E-state index contributed by atoms with van der Waals surface area (Å²) in [7, 11) is 0. The van der Waals surface area contributed by atoms with Crippen LogP contribution in [0.2, 0.25) is 0 Å². The summed E-state index contributed by atoms with van der Waals surface area (Å²) in [6.45, 7) is 4.89. The first-order chi connectivity index (χ1) is 14.1. The van der Waals surface area contributed by atoms with Crippen LogP contribution in [-0.2, 0) is 4.79 Å². The van der Waals surface area contributed by atoms with Crippen molar-refractivity contribution in [3.63, 3.8) is 0 Å². The van der Waals surface area contributed by atoms with E-state index < -0.39 is 6.04 Å². The van der Waals surface area contributed by atoms with Crippen molar-refractivity contribution in [2.75, 3.05) is 18.5 Å². The maximum Gasteiger partial charge on any atom is 0.262 e. The molecule has 1 amide bonds. The number of hydrazone groups is 1. The van der Waals surface area contributed by atoms with Crippen molar-refractivity contribution in [2.45, 2.75) is 26.3 Å². The first kappa shape index (κ1) is 19.2. The van der Waals surface area contributed by atoms with Gasteiger partial charge in [-0.05, 0) is 44.2 Å². The van der Waals surface area contributed by atoms with Gasteiger partial charge in [-0.1, -0.05) is 23.5 Å². The monoisotopic (exact) mass is 410 g/mol. The normalized spacial score (nSPS) is 14.9. The van der Waals surface area contributed by atoms with Crippen LogP contribution in [0.1, 0.15) is 25.8 Å². The molecule has 0 saturated carbocycles. The number of fused-ring (bicyclic) bond motifs is 2. The molecule has 0 aliphatic carbocycles. The SMILES string of the molecule is C/C(=N/NC(=O)[C@H](C)Nc1nc2ccccc2s1)c1ccc2c(c1)OCCCO2. The van der Waals surface area contributed by atoms with Gasteiger partial charge in [-0.25, -0.2) is 10.4 Å². The van der Waals surface area contributed by atoms with E-state index in [0.29, 0.717) is 29.8 Å². The van der Waals surface area contributed by atoms with E-state index in [0.717, 1.165) is 28.0 Å². The third-order valence-electron chi connectivity index (χ3n) is 4.53. The summed E-state index contributed by atoms with van der Waals surface area (Å²) in [5.74, 6) is 1.20. The van der Waals surface area contributed by atoms with Gasteiger partial charge in [-0.2, -0.15) is 5.10 Å². The Bertz CT molecular complexity index is 1030. The minimum Gasteiger partial charge on any atom is -0.490 e. The fraction of sp³-hybridized carbons (Fsp3) is 0.286. The number of carbonyl (C=O) groups excluding carboxylic acids is 1. The lowest BCUT2D eigenvalue weighted by Crippen LogP contribution is -2.35. The highest BCUT2D eigenvalue weighted by Gasteiger charge is 2.15. The Morgan fingerprint density at radius 1 is 1.17 bits per heavy atom. The number of aromatic nitrogens is 1. The minimum atomic E-state index is -0.476. The highest BCUT2D eigenvalue weighted by atomic mass is 32.1. The van der Waals surface area contributed by atoms with Gasteiger partial charge in [0.1, 0.15) is 6.04 Å². The van der Waals surface area contributed by atoms with Gasteiger partial charge in [0.05, 0.1) is 29.1 Å². The highest BCUT2D eigenvalue weighted by molar-refractivity contribution is 7.22. The maximum atomic E-state index is 12.4. The van der Waals surface area contributed by atoms with Crippen LogP contribution in [0.25, 0.3) is 10.2 Å². The van der Waals surface area contributed by atoms with E-state index in [1.165, 1.54) is 11.3 Å². The quantitative estimate of drug-likeness (QED) is 0.494. The van der Waals surface area contributed by atoms with E-state index in [-0.39, 0.29) is 5.91 Å². The van der Waals surface area contributed by atoms with Gasteiger partial charge >= 0.3 is 0 Å². The fourth-order valence-corrected chi connectivity index (χ4v) is 3.83. The Hall–Kier alpha value is -3.13. The molecule has 1 aromatic heterocycles. The molecule has 2 aromatic carbocycles. The number of anilines is 1. The van der Waals surface area contributed by atoms with Crippen LogP contribution < -0.4 is 20.2 Å². The van der Waals surface area contributed by atoms with E-state index in [4.69, 9.17) is 9.47 Å². The lowest BCUT2D eigenvalue weighted by molar-refractivity contribution is -0.121. The average Bonchev–Trinajstić information content (AvgIpc) is 2.99. The molecule has 0 radical (unpaired) electrons. The molecule has 1 atom stereocenters. The van der Waals surface area contributed by atoms with Crippen LogP contribution in [0.3, 0.4) is 0 Å². The standard InChI is InChI=1S/C21H22N4O3S/c1-13(15-8-9-17-18(12-15)28-11-5-10-27-17)24-25-20(26)14(2)22-21-23-16-6-3-4-7-19(16)29-21/h3-4,6-9,12,14H,5,10-11H2,1-2H3,(H,22,23)(H,25,26)/b24-13-/t14-/m0/s1. The summed E-state index contributed by atoms with van der Waals surface area (Å²) in [5, 5.41) is 8.07. The second-order valence-corrected chi connectivity index (χ2v) is 7.77. The number of nitrogens with zero attached hydrogens (tertiary/aromatic N) is 2. The van der Waals surface area contributed by atoms with Gasteiger partial charge in [-0.15, -0.1) is 0 Å². The molecule has 0 saturated heterocycles. The van der Waals surface area contributed by atoms with Gasteiger partial charge in [0.2, 0.25) is 0 Å². The zero-order chi connectivity index (χ0) is 20.2. The van der Waals surface area contributed by atoms with E-state index in [2.05, 4.69) is 20.8 Å². The van der Waals surface area contributed by atoms with Crippen molar-refractivity contribution < 1.29 is 14.3 Å². The van der Waals surface area contributed by atoms with Crippen molar-refractivity contribution in [1.82, 2.24) is 10.4 Å². The Morgan fingerprint density at radius 3 is 2.79 bits per heavy atom. The zero-order valence-corrected chi connectivity index (χ0v) is 17.1. The van der Waals surface area contributed by atoms with E-state index in [9.17, 15) is 4.79 Å². The average molecular weight is 410 g/mol. The van der Waals surface area contributed by atoms with Crippen molar-refractivity contribution in [3.05, 3.63) is 48.0 Å². The van der Waals surface area contributed by atoms with Gasteiger partial charge in [-0.3, -0.25) is 4.79 Å². The van der Waals surface area contributed by atoms with Gasteiger partial charge < -0.3 is 14.8 Å². The summed E-state index contributed by atoms with van der Waals surface area (Å²) >= 11 is 1.52. The predicted molar refractivity (Wildman–Crippen MR) is 115 cm³/mol. The van der Waals surface area contributed by atoms with Crippen LogP contribution in [-0.4, -0.2) is 35.9 Å². The van der Waals surface area contributed by atoms with Gasteiger partial charge in [0, 0.05) is 12.0 Å². The van der Waals surface area contributed by atoms with Gasteiger partial charge in [0.15, 0.2) is 16.6 Å². The summed E-state index contributed by atoms with van der Waals surface area (Å²) in [4.78, 5) is 16.9. The van der Waals surface area contributed by atoms with Crippen molar-refractivity contribution in [3.8, 4) is 11.5 Å². The molecule has 1 aliphatic heterocycles. The number of para-hydroxylation sites is 1. The lowest BCUT2D eigenvalue weighted by atomic mass is 10.1. The molecule has 0 unspecified atom stereocenters. The largest absolute Gasteiger partial charge is 0.490 e. The van der Waals surface area contributed by atoms with E-state index >= 15 is 0 Å². The third kappa shape index (κ3) is 4.48. The molecule has 3 aromatic rings. The number of ether oxygens (including phenoxy) is 2. The summed E-state index contributed by atoms with van der Waals surface area (Å²) in [6.07, 6.45) is 0.854. The van der Waals surface area contributed by atoms with E-state index in [1.54, 1.807) is 6.92 Å². The molecule has 2 heterocycles. The first-order valence-corrected chi connectivity index (χ1v) is 10.3. The maximum absolute atomic E-state index is 12.4. The van der Waals surface area contributed by atoms with Crippen LogP contribution in [0.4, 0.5) is 5.13 Å². The summed E-state index contributed by atoms with van der Waals surface area (Å²) < 4.78 is 12.4. The number of thiazole rings is 1.